The van der Waals surface area contributed by atoms with Crippen LogP contribution in [0.2, 0.25) is 0 Å². The summed E-state index contributed by atoms with van der Waals surface area (Å²) in [5.41, 5.74) is 5.65. The largest absolute Gasteiger partial charge is 0.376 e. The van der Waals surface area contributed by atoms with Crippen LogP contribution in [-0.4, -0.2) is 59.8 Å². The number of hydrogen-bond acceptors (Lipinski definition) is 7. The van der Waals surface area contributed by atoms with Gasteiger partial charge in [0.25, 0.3) is 5.56 Å². The number of ether oxygens (including phenoxy) is 3. The third-order valence-electron chi connectivity index (χ3n) is 5.66. The second kappa shape index (κ2) is 9.94. The summed E-state index contributed by atoms with van der Waals surface area (Å²) < 4.78 is 19.0. The number of aryl methyl sites for hydroxylation is 1. The lowest BCUT2D eigenvalue weighted by atomic mass is 10.2. The second-order valence-electron chi connectivity index (χ2n) is 7.53. The number of primary amides is 1. The zero-order valence-electron chi connectivity index (χ0n) is 18.4. The Morgan fingerprint density at radius 2 is 2.03 bits per heavy atom. The predicted molar refractivity (Wildman–Crippen MR) is 118 cm³/mol. The van der Waals surface area contributed by atoms with E-state index < -0.39 is 12.3 Å². The van der Waals surface area contributed by atoms with Crippen LogP contribution in [0.4, 0.5) is 4.79 Å². The minimum Gasteiger partial charge on any atom is -0.376 e. The molecule has 1 saturated heterocycles. The Bertz CT molecular complexity index is 1050. The van der Waals surface area contributed by atoms with E-state index in [2.05, 4.69) is 0 Å². The molecule has 3 heterocycles. The highest BCUT2D eigenvalue weighted by Crippen LogP contribution is 2.30. The van der Waals surface area contributed by atoms with E-state index in [1.54, 1.807) is 11.5 Å². The molecule has 2 amide bonds. The van der Waals surface area contributed by atoms with Crippen molar-refractivity contribution >= 4 is 27.6 Å². The summed E-state index contributed by atoms with van der Waals surface area (Å²) in [4.78, 5) is 40.9. The first-order valence-corrected chi connectivity index (χ1v) is 11.1. The van der Waals surface area contributed by atoms with Gasteiger partial charge in [-0.25, -0.2) is 9.59 Å². The lowest BCUT2D eigenvalue weighted by molar-refractivity contribution is -0.111. The highest BCUT2D eigenvalue weighted by atomic mass is 32.1. The quantitative estimate of drug-likeness (QED) is 0.570. The van der Waals surface area contributed by atoms with Crippen LogP contribution in [0.25, 0.3) is 10.2 Å². The molecule has 2 aromatic rings. The second-order valence-corrected chi connectivity index (χ2v) is 8.61. The molecule has 1 fully saturated rings. The topological polar surface area (TPSA) is 118 Å². The number of nitrogens with zero attached hydrogens (tertiary/aromatic N) is 3. The number of hydrogen-bond donors (Lipinski definition) is 1. The zero-order chi connectivity index (χ0) is 22.7. The summed E-state index contributed by atoms with van der Waals surface area (Å²) >= 11 is 1.33. The molecule has 2 aromatic heterocycles. The molecular formula is C20H30N4O6S. The number of urea groups is 1. The fourth-order valence-electron chi connectivity index (χ4n) is 3.85. The maximum absolute atomic E-state index is 13.1. The van der Waals surface area contributed by atoms with E-state index in [-0.39, 0.29) is 37.0 Å². The van der Waals surface area contributed by atoms with Crippen LogP contribution in [0, 0.1) is 6.92 Å². The van der Waals surface area contributed by atoms with Crippen molar-refractivity contribution in [3.05, 3.63) is 31.3 Å². The predicted octanol–water partition coefficient (Wildman–Crippen LogP) is 1.23. The summed E-state index contributed by atoms with van der Waals surface area (Å²) in [6.07, 6.45) is 1.15. The van der Waals surface area contributed by atoms with Gasteiger partial charge >= 0.3 is 11.7 Å². The number of methoxy groups -OCH3 is 2. The fourth-order valence-corrected chi connectivity index (χ4v) is 5.17. The van der Waals surface area contributed by atoms with Crippen molar-refractivity contribution < 1.29 is 19.0 Å². The van der Waals surface area contributed by atoms with Gasteiger partial charge in [-0.3, -0.25) is 13.9 Å². The smallest absolute Gasteiger partial charge is 0.332 e. The molecule has 172 valence electrons. The molecule has 1 unspecified atom stereocenters. The Balaban J connectivity index is 2.08. The summed E-state index contributed by atoms with van der Waals surface area (Å²) in [7, 11) is 2.96. The SMILES string of the molecule is CCn1c(=O)c2c(C)c(CN(CC(OC)OC)C(N)=O)sc2n(CC2CCCO2)c1=O. The van der Waals surface area contributed by atoms with Gasteiger partial charge in [0.05, 0.1) is 31.1 Å². The maximum atomic E-state index is 13.1. The van der Waals surface area contributed by atoms with Crippen molar-refractivity contribution in [2.45, 2.75) is 58.7 Å². The van der Waals surface area contributed by atoms with E-state index in [1.807, 2.05) is 6.92 Å². The van der Waals surface area contributed by atoms with E-state index in [4.69, 9.17) is 19.9 Å². The van der Waals surface area contributed by atoms with Crippen molar-refractivity contribution in [3.8, 4) is 0 Å². The third kappa shape index (κ3) is 4.69. The van der Waals surface area contributed by atoms with Crippen LogP contribution in [-0.2, 0) is 33.8 Å². The molecule has 11 heteroatoms. The molecule has 0 aromatic carbocycles. The van der Waals surface area contributed by atoms with Gasteiger partial charge in [-0.15, -0.1) is 11.3 Å². The lowest BCUT2D eigenvalue weighted by Gasteiger charge is -2.24. The monoisotopic (exact) mass is 454 g/mol. The number of nitrogens with two attached hydrogens (primary N) is 1. The Labute approximate surface area is 184 Å². The van der Waals surface area contributed by atoms with Gasteiger partial charge in [0.2, 0.25) is 0 Å². The van der Waals surface area contributed by atoms with Crippen molar-refractivity contribution in [2.75, 3.05) is 27.4 Å². The average Bonchev–Trinajstić information content (AvgIpc) is 3.36. The van der Waals surface area contributed by atoms with E-state index >= 15 is 0 Å². The van der Waals surface area contributed by atoms with Crippen LogP contribution in [0.15, 0.2) is 9.59 Å². The highest BCUT2D eigenvalue weighted by molar-refractivity contribution is 7.18. The van der Waals surface area contributed by atoms with Crippen LogP contribution < -0.4 is 17.0 Å². The number of thiophene rings is 1. The van der Waals surface area contributed by atoms with Gasteiger partial charge in [-0.2, -0.15) is 0 Å². The molecule has 1 aliphatic rings. The fraction of sp³-hybridized carbons (Fsp3) is 0.650. The Hall–Kier alpha value is -2.21. The molecule has 31 heavy (non-hydrogen) atoms. The zero-order valence-corrected chi connectivity index (χ0v) is 19.2. The highest BCUT2D eigenvalue weighted by Gasteiger charge is 2.25. The number of rotatable bonds is 9. The molecule has 2 N–H and O–H groups in total. The van der Waals surface area contributed by atoms with Crippen molar-refractivity contribution in [2.24, 2.45) is 5.73 Å². The standard InChI is InChI=1S/C20H30N4O6S/c1-5-23-17(25)16-12(2)14(10-22(19(21)26)11-15(28-3)29-4)31-18(16)24(20(23)27)9-13-7-6-8-30-13/h13,15H,5-11H2,1-4H3,(H2,21,26). The molecule has 0 radical (unpaired) electrons. The normalized spacial score (nSPS) is 16.5. The molecule has 0 saturated carbocycles. The van der Waals surface area contributed by atoms with Crippen LogP contribution in [0.3, 0.4) is 0 Å². The Morgan fingerprint density at radius 1 is 1.32 bits per heavy atom. The van der Waals surface area contributed by atoms with Crippen LogP contribution in [0.1, 0.15) is 30.2 Å². The molecule has 0 spiro atoms. The summed E-state index contributed by atoms with van der Waals surface area (Å²) in [6.45, 7) is 5.28. The number of fused-ring (bicyclic) bond motifs is 1. The first kappa shape index (κ1) is 23.5. The van der Waals surface area contributed by atoms with E-state index in [1.165, 1.54) is 35.0 Å². The van der Waals surface area contributed by atoms with E-state index in [0.29, 0.717) is 23.4 Å². The summed E-state index contributed by atoms with van der Waals surface area (Å²) in [6, 6.07) is -0.626. The molecular weight excluding hydrogens is 424 g/mol. The van der Waals surface area contributed by atoms with Crippen molar-refractivity contribution in [1.82, 2.24) is 14.0 Å². The van der Waals surface area contributed by atoms with Gasteiger partial charge in [0.15, 0.2) is 6.29 Å². The number of carbonyl (C=O) groups is 1. The molecule has 0 aliphatic carbocycles. The first-order valence-electron chi connectivity index (χ1n) is 10.3. The van der Waals surface area contributed by atoms with Crippen LogP contribution in [0.5, 0.6) is 0 Å². The number of amides is 2. The molecule has 0 bridgehead atoms. The van der Waals surface area contributed by atoms with Gasteiger partial charge < -0.3 is 24.8 Å². The lowest BCUT2D eigenvalue weighted by Crippen LogP contribution is -2.41. The molecule has 10 nitrogen and oxygen atoms in total. The Morgan fingerprint density at radius 3 is 2.58 bits per heavy atom. The van der Waals surface area contributed by atoms with Crippen molar-refractivity contribution in [3.63, 3.8) is 0 Å². The first-order chi connectivity index (χ1) is 14.8. The van der Waals surface area contributed by atoms with E-state index in [9.17, 15) is 14.4 Å². The van der Waals surface area contributed by atoms with Crippen molar-refractivity contribution in [1.29, 1.82) is 0 Å². The molecule has 1 aliphatic heterocycles. The van der Waals surface area contributed by atoms with Gasteiger partial charge in [-0.05, 0) is 32.3 Å². The average molecular weight is 455 g/mol. The minimum atomic E-state index is -0.628. The van der Waals surface area contributed by atoms with E-state index in [0.717, 1.165) is 23.3 Å². The molecule has 3 rings (SSSR count). The summed E-state index contributed by atoms with van der Waals surface area (Å²) in [5.74, 6) is 0. The summed E-state index contributed by atoms with van der Waals surface area (Å²) in [5, 5.41) is 0.499. The van der Waals surface area contributed by atoms with Crippen LogP contribution >= 0.6 is 11.3 Å². The van der Waals surface area contributed by atoms with Gasteiger partial charge in [-0.1, -0.05) is 0 Å². The number of carbonyl (C=O) groups excluding carboxylic acids is 1. The maximum Gasteiger partial charge on any atom is 0.332 e. The number of aromatic nitrogens is 2. The molecule has 1 atom stereocenters. The van der Waals surface area contributed by atoms with Gasteiger partial charge in [0, 0.05) is 32.2 Å². The van der Waals surface area contributed by atoms with Gasteiger partial charge in [0.1, 0.15) is 4.83 Å². The Kier molecular flexibility index (Phi) is 7.52. The third-order valence-corrected chi connectivity index (χ3v) is 6.96. The minimum absolute atomic E-state index is 0.0548.